The predicted octanol–water partition coefficient (Wildman–Crippen LogP) is 1.67. The van der Waals surface area contributed by atoms with E-state index in [1.807, 2.05) is 0 Å². The molecule has 0 N–H and O–H groups in total. The van der Waals surface area contributed by atoms with Gasteiger partial charge in [0.1, 0.15) is 5.69 Å². The fourth-order valence-electron chi connectivity index (χ4n) is 1.75. The first-order valence-electron chi connectivity index (χ1n) is 5.83. The van der Waals surface area contributed by atoms with Gasteiger partial charge in [-0.25, -0.2) is 0 Å². The second-order valence-corrected chi connectivity index (χ2v) is 6.13. The lowest BCUT2D eigenvalue weighted by atomic mass is 10.2. The highest BCUT2D eigenvalue weighted by molar-refractivity contribution is 7.15. The largest absolute Gasteiger partial charge is 0.295 e. The number of thiazole rings is 1. The molecular weight excluding hydrogens is 333 g/mol. The SMILES string of the molecule is Cc1nn2c(=O)c(=Cc3cc(Cl)ccc3Cl)sc2nc1=O. The van der Waals surface area contributed by atoms with Crippen LogP contribution in [0.15, 0.2) is 27.8 Å². The number of fused-ring (bicyclic) bond motifs is 1. The lowest BCUT2D eigenvalue weighted by Crippen LogP contribution is -2.27. The summed E-state index contributed by atoms with van der Waals surface area (Å²) in [7, 11) is 0. The highest BCUT2D eigenvalue weighted by Gasteiger charge is 2.09. The van der Waals surface area contributed by atoms with Crippen LogP contribution in [0.4, 0.5) is 0 Å². The number of aromatic nitrogens is 3. The Morgan fingerprint density at radius 3 is 2.81 bits per heavy atom. The van der Waals surface area contributed by atoms with Crippen molar-refractivity contribution >= 4 is 45.6 Å². The molecule has 0 fully saturated rings. The Balaban J connectivity index is 2.33. The molecule has 0 radical (unpaired) electrons. The zero-order valence-electron chi connectivity index (χ0n) is 10.6. The molecule has 8 heteroatoms. The van der Waals surface area contributed by atoms with Crippen molar-refractivity contribution < 1.29 is 0 Å². The molecule has 0 spiro atoms. The summed E-state index contributed by atoms with van der Waals surface area (Å²) in [6.07, 6.45) is 1.61. The van der Waals surface area contributed by atoms with Gasteiger partial charge in [0.2, 0.25) is 4.96 Å². The summed E-state index contributed by atoms with van der Waals surface area (Å²) in [5, 5.41) is 4.93. The third kappa shape index (κ3) is 2.57. The van der Waals surface area contributed by atoms with Crippen molar-refractivity contribution in [3.05, 3.63) is 64.7 Å². The Morgan fingerprint density at radius 2 is 2.05 bits per heavy atom. The van der Waals surface area contributed by atoms with E-state index in [1.165, 1.54) is 6.92 Å². The fraction of sp³-hybridized carbons (Fsp3) is 0.0769. The highest BCUT2D eigenvalue weighted by atomic mass is 35.5. The maximum atomic E-state index is 12.3. The van der Waals surface area contributed by atoms with Crippen LogP contribution in [0.5, 0.6) is 0 Å². The molecule has 2 aromatic heterocycles. The zero-order valence-corrected chi connectivity index (χ0v) is 13.0. The van der Waals surface area contributed by atoms with Gasteiger partial charge in [-0.1, -0.05) is 34.5 Å². The molecule has 0 unspecified atom stereocenters. The Bertz CT molecular complexity index is 1030. The fourth-order valence-corrected chi connectivity index (χ4v) is 3.00. The van der Waals surface area contributed by atoms with E-state index >= 15 is 0 Å². The summed E-state index contributed by atoms with van der Waals surface area (Å²) in [5.74, 6) is 0. The van der Waals surface area contributed by atoms with E-state index in [4.69, 9.17) is 23.2 Å². The van der Waals surface area contributed by atoms with Crippen molar-refractivity contribution in [3.63, 3.8) is 0 Å². The zero-order chi connectivity index (χ0) is 15.1. The monoisotopic (exact) mass is 339 g/mol. The van der Waals surface area contributed by atoms with Gasteiger partial charge < -0.3 is 0 Å². The summed E-state index contributed by atoms with van der Waals surface area (Å²) in [5.41, 5.74) is 0.00691. The molecule has 2 heterocycles. The lowest BCUT2D eigenvalue weighted by Gasteiger charge is -1.97. The van der Waals surface area contributed by atoms with Gasteiger partial charge in [0.25, 0.3) is 11.1 Å². The van der Waals surface area contributed by atoms with Crippen LogP contribution in [0.3, 0.4) is 0 Å². The van der Waals surface area contributed by atoms with Gasteiger partial charge in [-0.15, -0.1) is 0 Å². The molecule has 3 rings (SSSR count). The summed E-state index contributed by atoms with van der Waals surface area (Å²) in [6.45, 7) is 1.51. The highest BCUT2D eigenvalue weighted by Crippen LogP contribution is 2.21. The van der Waals surface area contributed by atoms with E-state index < -0.39 is 5.56 Å². The van der Waals surface area contributed by atoms with Crippen LogP contribution in [0, 0.1) is 6.92 Å². The van der Waals surface area contributed by atoms with Crippen molar-refractivity contribution in [1.82, 2.24) is 14.6 Å². The molecule has 0 aliphatic heterocycles. The van der Waals surface area contributed by atoms with Crippen molar-refractivity contribution in [3.8, 4) is 0 Å². The van der Waals surface area contributed by atoms with Crippen LogP contribution in [0.25, 0.3) is 11.0 Å². The molecule has 0 atom stereocenters. The van der Waals surface area contributed by atoms with Crippen molar-refractivity contribution in [2.75, 3.05) is 0 Å². The lowest BCUT2D eigenvalue weighted by molar-refractivity contribution is 0.833. The molecule has 3 aromatic rings. The summed E-state index contributed by atoms with van der Waals surface area (Å²) < 4.78 is 1.50. The number of hydrogen-bond donors (Lipinski definition) is 0. The molecule has 0 bridgehead atoms. The summed E-state index contributed by atoms with van der Waals surface area (Å²) in [6, 6.07) is 4.97. The average molecular weight is 340 g/mol. The molecule has 1 aromatic carbocycles. The van der Waals surface area contributed by atoms with Crippen LogP contribution in [-0.2, 0) is 0 Å². The number of rotatable bonds is 1. The van der Waals surface area contributed by atoms with Gasteiger partial charge in [0.05, 0.1) is 4.53 Å². The summed E-state index contributed by atoms with van der Waals surface area (Å²) in [4.78, 5) is 27.8. The number of halogens is 2. The number of benzene rings is 1. The van der Waals surface area contributed by atoms with Gasteiger partial charge in [0, 0.05) is 10.0 Å². The van der Waals surface area contributed by atoms with Gasteiger partial charge in [-0.05, 0) is 36.8 Å². The first-order valence-corrected chi connectivity index (χ1v) is 7.40. The van der Waals surface area contributed by atoms with Gasteiger partial charge in [0.15, 0.2) is 0 Å². The Hall–Kier alpha value is -1.76. The number of aryl methyl sites for hydroxylation is 1. The molecule has 0 aliphatic carbocycles. The smallest absolute Gasteiger partial charge is 0.266 e. The minimum absolute atomic E-state index is 0.176. The number of hydrogen-bond acceptors (Lipinski definition) is 5. The number of nitrogens with zero attached hydrogens (tertiary/aromatic N) is 3. The van der Waals surface area contributed by atoms with E-state index in [9.17, 15) is 9.59 Å². The van der Waals surface area contributed by atoms with E-state index in [0.29, 0.717) is 20.1 Å². The third-order valence-corrected chi connectivity index (χ3v) is 4.33. The first-order chi connectivity index (χ1) is 9.95. The molecule has 0 aliphatic rings. The molecule has 0 amide bonds. The molecule has 0 saturated heterocycles. The van der Waals surface area contributed by atoms with E-state index in [1.54, 1.807) is 24.3 Å². The Labute approximate surface area is 132 Å². The minimum Gasteiger partial charge on any atom is -0.266 e. The van der Waals surface area contributed by atoms with Gasteiger partial charge in [-0.3, -0.25) is 9.59 Å². The van der Waals surface area contributed by atoms with Crippen LogP contribution < -0.4 is 15.7 Å². The average Bonchev–Trinajstić information content (AvgIpc) is 2.72. The molecular formula is C13H7Cl2N3O2S. The standard InChI is InChI=1S/C13H7Cl2N3O2S/c1-6-11(19)16-13-18(17-6)12(20)10(21-13)5-7-4-8(14)2-3-9(7)15/h2-5H,1H3. The normalized spacial score (nSPS) is 12.2. The molecule has 5 nitrogen and oxygen atoms in total. The van der Waals surface area contributed by atoms with Crippen LogP contribution >= 0.6 is 34.5 Å². The molecule has 21 heavy (non-hydrogen) atoms. The van der Waals surface area contributed by atoms with Crippen LogP contribution in [-0.4, -0.2) is 14.6 Å². The minimum atomic E-state index is -0.441. The van der Waals surface area contributed by atoms with Crippen LogP contribution in [0.2, 0.25) is 10.0 Å². The molecule has 0 saturated carbocycles. The van der Waals surface area contributed by atoms with Gasteiger partial charge in [-0.2, -0.15) is 14.6 Å². The maximum Gasteiger partial charge on any atom is 0.295 e. The van der Waals surface area contributed by atoms with E-state index in [0.717, 1.165) is 15.9 Å². The van der Waals surface area contributed by atoms with Crippen molar-refractivity contribution in [2.45, 2.75) is 6.92 Å². The quantitative estimate of drug-likeness (QED) is 0.676. The predicted molar refractivity (Wildman–Crippen MR) is 83.4 cm³/mol. The summed E-state index contributed by atoms with van der Waals surface area (Å²) >= 11 is 13.1. The van der Waals surface area contributed by atoms with E-state index in [2.05, 4.69) is 10.1 Å². The first kappa shape index (κ1) is 14.2. The second kappa shape index (κ2) is 5.22. The van der Waals surface area contributed by atoms with Crippen molar-refractivity contribution in [1.29, 1.82) is 0 Å². The Kier molecular flexibility index (Phi) is 3.52. The van der Waals surface area contributed by atoms with Crippen LogP contribution in [0.1, 0.15) is 11.3 Å². The van der Waals surface area contributed by atoms with Gasteiger partial charge >= 0.3 is 0 Å². The molecule has 106 valence electrons. The Morgan fingerprint density at radius 1 is 1.29 bits per heavy atom. The van der Waals surface area contributed by atoms with Crippen molar-refractivity contribution in [2.24, 2.45) is 0 Å². The maximum absolute atomic E-state index is 12.3. The third-order valence-electron chi connectivity index (χ3n) is 2.79. The topological polar surface area (TPSA) is 64.3 Å². The van der Waals surface area contributed by atoms with E-state index in [-0.39, 0.29) is 16.2 Å². The second-order valence-electron chi connectivity index (χ2n) is 4.28.